The summed E-state index contributed by atoms with van der Waals surface area (Å²) in [6.07, 6.45) is 2.70. The molecule has 82 valence electrons. The maximum atomic E-state index is 9.87. The van der Waals surface area contributed by atoms with Crippen LogP contribution in [0, 0.1) is 0 Å². The maximum absolute atomic E-state index is 10.7. The second-order valence-corrected chi connectivity index (χ2v) is 4.70. The van der Waals surface area contributed by atoms with Gasteiger partial charge in [0.05, 0.1) is 0 Å². The van der Waals surface area contributed by atoms with E-state index in [9.17, 15) is 25.2 Å². The third-order valence-electron chi connectivity index (χ3n) is 1.20. The van der Waals surface area contributed by atoms with Crippen molar-refractivity contribution in [3.63, 3.8) is 0 Å². The molecule has 0 amide bonds. The average Bonchev–Trinajstić information content (AvgIpc) is 2.07. The molecule has 0 bridgehead atoms. The van der Waals surface area contributed by atoms with Crippen molar-refractivity contribution in [1.29, 1.82) is 0 Å². The van der Waals surface area contributed by atoms with Gasteiger partial charge in [0.2, 0.25) is 0 Å². The normalized spacial score (nSPS) is 22.8. The topological polar surface area (TPSA) is 3.01 Å². The number of hydrogen-bond donors (Lipinski definition) is 0. The monoisotopic (exact) mass is 229 g/mol. The molecule has 0 spiro atoms. The second kappa shape index (κ2) is 2.83. The first-order valence-electron chi connectivity index (χ1n) is 3.46. The van der Waals surface area contributed by atoms with E-state index in [1.54, 1.807) is 0 Å². The van der Waals surface area contributed by atoms with E-state index in [1.165, 1.54) is 25.9 Å². The predicted molar refractivity (Wildman–Crippen MR) is 39.9 cm³/mol. The Labute approximate surface area is 71.3 Å². The van der Waals surface area contributed by atoms with Crippen LogP contribution >= 0.6 is 7.81 Å². The van der Waals surface area contributed by atoms with Crippen molar-refractivity contribution in [2.75, 3.05) is 13.1 Å². The van der Waals surface area contributed by atoms with E-state index < -0.39 is 7.81 Å². The molecule has 1 rings (SSSR count). The molecule has 0 radical (unpaired) electrons. The number of hydrogen-bond acceptors (Lipinski definition) is 0. The van der Waals surface area contributed by atoms with Gasteiger partial charge >= 0.3 is 33.0 Å². The molecule has 8 heteroatoms. The number of halogens is 6. The van der Waals surface area contributed by atoms with Crippen molar-refractivity contribution < 1.29 is 29.8 Å². The second-order valence-electron chi connectivity index (χ2n) is 2.78. The summed E-state index contributed by atoms with van der Waals surface area (Å²) in [6.45, 7) is 6.19. The summed E-state index contributed by atoms with van der Waals surface area (Å²) >= 11 is 0. The SMILES string of the molecule is C=[N+]1CCCC1.F[P-](F)(F)(F)(F)F. The molecule has 0 N–H and O–H groups in total. The van der Waals surface area contributed by atoms with E-state index in [0.29, 0.717) is 0 Å². The fourth-order valence-electron chi connectivity index (χ4n) is 0.783. The zero-order valence-corrected chi connectivity index (χ0v) is 7.59. The Balaban J connectivity index is 0.000000223. The van der Waals surface area contributed by atoms with Gasteiger partial charge < -0.3 is 0 Å². The van der Waals surface area contributed by atoms with Crippen LogP contribution in [0.25, 0.3) is 0 Å². The van der Waals surface area contributed by atoms with E-state index >= 15 is 0 Å². The molecule has 1 nitrogen and oxygen atoms in total. The van der Waals surface area contributed by atoms with Crippen LogP contribution in [0.2, 0.25) is 0 Å². The van der Waals surface area contributed by atoms with Crippen LogP contribution in [-0.4, -0.2) is 24.4 Å². The van der Waals surface area contributed by atoms with Crippen LogP contribution in [-0.2, 0) is 0 Å². The van der Waals surface area contributed by atoms with Crippen molar-refractivity contribution in [1.82, 2.24) is 0 Å². The van der Waals surface area contributed by atoms with Crippen LogP contribution in [0.15, 0.2) is 0 Å². The zero-order chi connectivity index (χ0) is 10.8. The molecule has 0 aromatic rings. The fourth-order valence-corrected chi connectivity index (χ4v) is 0.783. The Morgan fingerprint density at radius 3 is 1.15 bits per heavy atom. The van der Waals surface area contributed by atoms with Crippen LogP contribution in [0.4, 0.5) is 25.2 Å². The van der Waals surface area contributed by atoms with E-state index in [4.69, 9.17) is 0 Å². The Bertz CT molecular complexity index is 183. The minimum absolute atomic E-state index is 1.21. The van der Waals surface area contributed by atoms with Gasteiger partial charge in [0.15, 0.2) is 0 Å². The molecule has 1 aliphatic rings. The minimum atomic E-state index is -10.7. The molecule has 0 aliphatic carbocycles. The van der Waals surface area contributed by atoms with Crippen molar-refractivity contribution in [2.24, 2.45) is 0 Å². The number of rotatable bonds is 0. The van der Waals surface area contributed by atoms with Gasteiger partial charge in [-0.1, -0.05) is 0 Å². The average molecular weight is 229 g/mol. The zero-order valence-electron chi connectivity index (χ0n) is 6.70. The molecular weight excluding hydrogens is 219 g/mol. The van der Waals surface area contributed by atoms with Crippen LogP contribution < -0.4 is 0 Å². The van der Waals surface area contributed by atoms with E-state index in [0.717, 1.165) is 0 Å². The van der Waals surface area contributed by atoms with Gasteiger partial charge in [0.1, 0.15) is 19.8 Å². The first-order chi connectivity index (χ1) is 5.34. The molecule has 0 unspecified atom stereocenters. The van der Waals surface area contributed by atoms with Crippen molar-refractivity contribution in [2.45, 2.75) is 12.8 Å². The Morgan fingerprint density at radius 1 is 0.846 bits per heavy atom. The van der Waals surface area contributed by atoms with Crippen molar-refractivity contribution >= 4 is 14.5 Å². The molecule has 1 fully saturated rings. The van der Waals surface area contributed by atoms with Gasteiger partial charge in [-0.05, 0) is 0 Å². The van der Waals surface area contributed by atoms with Gasteiger partial charge in [-0.2, -0.15) is 0 Å². The van der Waals surface area contributed by atoms with Crippen LogP contribution in [0.1, 0.15) is 12.8 Å². The van der Waals surface area contributed by atoms with Gasteiger partial charge in [-0.3, -0.25) is 0 Å². The molecule has 13 heavy (non-hydrogen) atoms. The molecule has 0 aromatic heterocycles. The standard InChI is InChI=1S/C5H10N.F6P/c1-6-4-2-3-5-6;1-7(2,3,4,5)6/h1-5H2;/q+1;-1. The molecule has 0 atom stereocenters. The Hall–Kier alpha value is -0.320. The summed E-state index contributed by atoms with van der Waals surface area (Å²) < 4.78 is 61.3. The van der Waals surface area contributed by atoms with Crippen molar-refractivity contribution in [3.8, 4) is 0 Å². The summed E-state index contributed by atoms with van der Waals surface area (Å²) in [4.78, 5) is 0. The van der Waals surface area contributed by atoms with Crippen LogP contribution in [0.3, 0.4) is 0 Å². The van der Waals surface area contributed by atoms with Gasteiger partial charge in [-0.25, -0.2) is 4.58 Å². The molecule has 0 saturated carbocycles. The Kier molecular flexibility index (Phi) is 2.76. The molecule has 1 aliphatic heterocycles. The summed E-state index contributed by atoms with van der Waals surface area (Å²) in [5.74, 6) is 0. The quantitative estimate of drug-likeness (QED) is 0.337. The van der Waals surface area contributed by atoms with Gasteiger partial charge in [-0.15, -0.1) is 0 Å². The molecule has 1 saturated heterocycles. The van der Waals surface area contributed by atoms with E-state index in [1.807, 2.05) is 0 Å². The fraction of sp³-hybridized carbons (Fsp3) is 0.800. The van der Waals surface area contributed by atoms with Crippen molar-refractivity contribution in [3.05, 3.63) is 0 Å². The van der Waals surface area contributed by atoms with Gasteiger partial charge in [0.25, 0.3) is 0 Å². The first kappa shape index (κ1) is 12.7. The predicted octanol–water partition coefficient (Wildman–Crippen LogP) is 3.88. The van der Waals surface area contributed by atoms with Gasteiger partial charge in [0, 0.05) is 12.8 Å². The van der Waals surface area contributed by atoms with E-state index in [2.05, 4.69) is 11.3 Å². The third kappa shape index (κ3) is 24.5. The summed E-state index contributed by atoms with van der Waals surface area (Å²) in [6, 6.07) is 0. The summed E-state index contributed by atoms with van der Waals surface area (Å²) in [5, 5.41) is 0. The molecule has 1 heterocycles. The number of nitrogens with zero attached hydrogens (tertiary/aromatic N) is 1. The third-order valence-corrected chi connectivity index (χ3v) is 1.20. The summed E-state index contributed by atoms with van der Waals surface area (Å²) in [5.41, 5.74) is 0. The van der Waals surface area contributed by atoms with E-state index in [-0.39, 0.29) is 0 Å². The first-order valence-corrected chi connectivity index (χ1v) is 5.49. The summed E-state index contributed by atoms with van der Waals surface area (Å²) in [7, 11) is -10.7. The van der Waals surface area contributed by atoms with Crippen LogP contribution in [0.5, 0.6) is 0 Å². The molecular formula is C5H10F6NP. The molecule has 0 aromatic carbocycles. The Morgan fingerprint density at radius 2 is 1.08 bits per heavy atom.